The summed E-state index contributed by atoms with van der Waals surface area (Å²) < 4.78 is 4.99. The Hall–Kier alpha value is -4.34. The van der Waals surface area contributed by atoms with Crippen molar-refractivity contribution in [1.29, 1.82) is 0 Å². The lowest BCUT2D eigenvalue weighted by Gasteiger charge is -2.24. The van der Waals surface area contributed by atoms with E-state index in [1.807, 2.05) is 0 Å². The van der Waals surface area contributed by atoms with Crippen LogP contribution in [0, 0.1) is 0 Å². The minimum absolute atomic E-state index is 0.0515. The molecule has 0 saturated carbocycles. The fourth-order valence-corrected chi connectivity index (χ4v) is 3.72. The summed E-state index contributed by atoms with van der Waals surface area (Å²) in [4.78, 5) is 74.2. The Morgan fingerprint density at radius 2 is 1.24 bits per heavy atom. The molecule has 2 unspecified atom stereocenters. The van der Waals surface area contributed by atoms with Crippen molar-refractivity contribution < 1.29 is 43.7 Å². The molecular weight excluding hydrogens is 446 g/mol. The maximum absolute atomic E-state index is 13.0. The Bertz CT molecular complexity index is 1110. The van der Waals surface area contributed by atoms with Gasteiger partial charge in [-0.1, -0.05) is 42.5 Å². The maximum Gasteiger partial charge on any atom is 0.337 e. The molecule has 10 nitrogen and oxygen atoms in total. The number of ether oxygens (including phenoxy) is 1. The lowest BCUT2D eigenvalue weighted by molar-refractivity contribution is -0.164. The monoisotopic (exact) mass is 467 g/mol. The smallest absolute Gasteiger partial charge is 0.337 e. The minimum atomic E-state index is -1.65. The topological polar surface area (TPSA) is 155 Å². The third-order valence-corrected chi connectivity index (χ3v) is 5.38. The molecule has 0 saturated heterocycles. The van der Waals surface area contributed by atoms with Gasteiger partial charge in [0.1, 0.15) is 6.04 Å². The van der Waals surface area contributed by atoms with Gasteiger partial charge in [0.05, 0.1) is 17.0 Å². The van der Waals surface area contributed by atoms with E-state index >= 15 is 0 Å². The fraction of sp³-hybridized carbons (Fsp3) is 0.250. The zero-order chi connectivity index (χ0) is 24.8. The summed E-state index contributed by atoms with van der Waals surface area (Å²) in [6.45, 7) is 0. The standard InChI is InChI=1S/C24H21NO9/c26-19(27)12-10-15(14-6-2-1-3-7-14)23(32)34-24(33)18(11-13-20(28)29)25-21(30)16-8-4-5-9-17(16)22(25)31/h1-9,15,18H,10-13H2,(H,26,27)(H,28,29). The Balaban J connectivity index is 1.85. The first kappa shape index (κ1) is 24.3. The molecule has 2 atom stereocenters. The van der Waals surface area contributed by atoms with E-state index in [0.717, 1.165) is 0 Å². The first-order valence-corrected chi connectivity index (χ1v) is 10.4. The van der Waals surface area contributed by atoms with Crippen LogP contribution in [0.4, 0.5) is 0 Å². The molecule has 0 fully saturated rings. The van der Waals surface area contributed by atoms with Crippen LogP contribution in [-0.2, 0) is 23.9 Å². The number of nitrogens with zero attached hydrogens (tertiary/aromatic N) is 1. The van der Waals surface area contributed by atoms with Crippen LogP contribution < -0.4 is 0 Å². The van der Waals surface area contributed by atoms with E-state index in [1.165, 1.54) is 24.3 Å². The number of aliphatic carboxylic acids is 2. The highest BCUT2D eigenvalue weighted by Crippen LogP contribution is 2.28. The van der Waals surface area contributed by atoms with Crippen LogP contribution in [0.15, 0.2) is 54.6 Å². The summed E-state index contributed by atoms with van der Waals surface area (Å²) in [6, 6.07) is 12.3. The number of carboxylic acid groups (broad SMARTS) is 2. The van der Waals surface area contributed by atoms with Crippen LogP contribution in [-0.4, -0.2) is 56.8 Å². The highest BCUT2D eigenvalue weighted by Gasteiger charge is 2.44. The van der Waals surface area contributed by atoms with Gasteiger partial charge in [-0.2, -0.15) is 0 Å². The molecule has 0 spiro atoms. The molecule has 3 rings (SSSR count). The van der Waals surface area contributed by atoms with E-state index in [9.17, 15) is 28.8 Å². The normalized spacial score (nSPS) is 14.3. The summed E-state index contributed by atoms with van der Waals surface area (Å²) >= 11 is 0. The number of hydrogen-bond donors (Lipinski definition) is 2. The molecule has 0 aliphatic carbocycles. The number of carboxylic acids is 2. The van der Waals surface area contributed by atoms with Crippen LogP contribution in [0.5, 0.6) is 0 Å². The molecule has 2 amide bonds. The minimum Gasteiger partial charge on any atom is -0.481 e. The lowest BCUT2D eigenvalue weighted by atomic mass is 9.94. The van der Waals surface area contributed by atoms with Crippen LogP contribution in [0.3, 0.4) is 0 Å². The molecule has 2 N–H and O–H groups in total. The van der Waals surface area contributed by atoms with Crippen LogP contribution in [0.1, 0.15) is 57.9 Å². The van der Waals surface area contributed by atoms with E-state index in [-0.39, 0.29) is 24.0 Å². The molecule has 34 heavy (non-hydrogen) atoms. The van der Waals surface area contributed by atoms with Gasteiger partial charge in [0.2, 0.25) is 0 Å². The Morgan fingerprint density at radius 1 is 0.735 bits per heavy atom. The number of carbonyl (C=O) groups is 6. The Kier molecular flexibility index (Phi) is 7.52. The Labute approximate surface area is 193 Å². The number of rotatable bonds is 10. The van der Waals surface area contributed by atoms with Gasteiger partial charge < -0.3 is 14.9 Å². The van der Waals surface area contributed by atoms with E-state index in [0.29, 0.717) is 10.5 Å². The van der Waals surface area contributed by atoms with E-state index in [2.05, 4.69) is 0 Å². The Morgan fingerprint density at radius 3 is 1.76 bits per heavy atom. The summed E-state index contributed by atoms with van der Waals surface area (Å²) in [5.41, 5.74) is 0.524. The van der Waals surface area contributed by atoms with Crippen molar-refractivity contribution in [2.24, 2.45) is 0 Å². The molecule has 0 radical (unpaired) electrons. The molecule has 1 aliphatic heterocycles. The SMILES string of the molecule is O=C(O)CCC(C(=O)OC(=O)C(CCC(=O)O)N1C(=O)c2ccccc2C1=O)c1ccccc1. The molecule has 2 aromatic rings. The predicted molar refractivity (Wildman–Crippen MR) is 115 cm³/mol. The summed E-state index contributed by atoms with van der Waals surface area (Å²) in [6.07, 6.45) is -1.55. The predicted octanol–water partition coefficient (Wildman–Crippen LogP) is 2.23. The second kappa shape index (κ2) is 10.5. The van der Waals surface area contributed by atoms with E-state index in [1.54, 1.807) is 30.3 Å². The maximum atomic E-state index is 13.0. The third-order valence-electron chi connectivity index (χ3n) is 5.38. The summed E-state index contributed by atoms with van der Waals surface area (Å²) in [5.74, 6) is -7.44. The summed E-state index contributed by atoms with van der Waals surface area (Å²) in [5, 5.41) is 18.1. The molecule has 1 aliphatic rings. The van der Waals surface area contributed by atoms with Crippen molar-refractivity contribution in [3.05, 3.63) is 71.3 Å². The van der Waals surface area contributed by atoms with Crippen molar-refractivity contribution >= 4 is 35.7 Å². The summed E-state index contributed by atoms with van der Waals surface area (Å²) in [7, 11) is 0. The second-order valence-corrected chi connectivity index (χ2v) is 7.61. The van der Waals surface area contributed by atoms with Crippen LogP contribution in [0.25, 0.3) is 0 Å². The largest absolute Gasteiger partial charge is 0.481 e. The molecule has 176 valence electrons. The zero-order valence-corrected chi connectivity index (χ0v) is 17.9. The molecule has 2 aromatic carbocycles. The second-order valence-electron chi connectivity index (χ2n) is 7.61. The van der Waals surface area contributed by atoms with Gasteiger partial charge >= 0.3 is 23.9 Å². The van der Waals surface area contributed by atoms with E-state index < -0.39 is 60.5 Å². The number of carbonyl (C=O) groups excluding carboxylic acids is 4. The van der Waals surface area contributed by atoms with Gasteiger partial charge in [-0.05, 0) is 30.5 Å². The van der Waals surface area contributed by atoms with Gasteiger partial charge in [0, 0.05) is 12.8 Å². The lowest BCUT2D eigenvalue weighted by Crippen LogP contribution is -2.46. The number of esters is 2. The highest BCUT2D eigenvalue weighted by molar-refractivity contribution is 6.22. The third kappa shape index (κ3) is 5.34. The zero-order valence-electron chi connectivity index (χ0n) is 17.9. The number of hydrogen-bond acceptors (Lipinski definition) is 7. The van der Waals surface area contributed by atoms with Crippen molar-refractivity contribution in [2.45, 2.75) is 37.6 Å². The van der Waals surface area contributed by atoms with Crippen LogP contribution >= 0.6 is 0 Å². The van der Waals surface area contributed by atoms with Gasteiger partial charge in [-0.15, -0.1) is 0 Å². The quantitative estimate of drug-likeness (QED) is 0.304. The van der Waals surface area contributed by atoms with Gasteiger partial charge in [-0.25, -0.2) is 4.79 Å². The first-order chi connectivity index (χ1) is 16.2. The average Bonchev–Trinajstić information content (AvgIpc) is 3.05. The van der Waals surface area contributed by atoms with Crippen molar-refractivity contribution in [1.82, 2.24) is 4.90 Å². The van der Waals surface area contributed by atoms with Gasteiger partial charge in [-0.3, -0.25) is 28.9 Å². The molecular formula is C24H21NO9. The molecule has 1 heterocycles. The number of imide groups is 1. The van der Waals surface area contributed by atoms with Crippen molar-refractivity contribution in [3.63, 3.8) is 0 Å². The van der Waals surface area contributed by atoms with Crippen LogP contribution in [0.2, 0.25) is 0 Å². The van der Waals surface area contributed by atoms with Crippen molar-refractivity contribution in [2.75, 3.05) is 0 Å². The molecule has 0 bridgehead atoms. The molecule has 10 heteroatoms. The number of benzene rings is 2. The average molecular weight is 467 g/mol. The first-order valence-electron chi connectivity index (χ1n) is 10.4. The van der Waals surface area contributed by atoms with Gasteiger partial charge in [0.15, 0.2) is 0 Å². The number of fused-ring (bicyclic) bond motifs is 1. The number of amides is 2. The van der Waals surface area contributed by atoms with Gasteiger partial charge in [0.25, 0.3) is 11.8 Å². The van der Waals surface area contributed by atoms with E-state index in [4.69, 9.17) is 14.9 Å². The fourth-order valence-electron chi connectivity index (χ4n) is 3.72. The highest BCUT2D eigenvalue weighted by atomic mass is 16.6. The molecule has 0 aromatic heterocycles. The van der Waals surface area contributed by atoms with Crippen molar-refractivity contribution in [3.8, 4) is 0 Å².